The fourth-order valence-corrected chi connectivity index (χ4v) is 2.44. The van der Waals surface area contributed by atoms with Crippen LogP contribution in [0.25, 0.3) is 0 Å². The second-order valence-corrected chi connectivity index (χ2v) is 3.82. The van der Waals surface area contributed by atoms with Crippen LogP contribution >= 0.6 is 0 Å². The Morgan fingerprint density at radius 2 is 2.15 bits per heavy atom. The molecule has 0 spiro atoms. The lowest BCUT2D eigenvalue weighted by molar-refractivity contribution is 0.0132. The van der Waals surface area contributed by atoms with E-state index in [1.165, 1.54) is 11.3 Å². The van der Waals surface area contributed by atoms with Gasteiger partial charge in [0.1, 0.15) is 6.23 Å². The van der Waals surface area contributed by atoms with Gasteiger partial charge in [0.05, 0.1) is 12.1 Å². The van der Waals surface area contributed by atoms with Gasteiger partial charge in [-0.3, -0.25) is 4.90 Å². The lowest BCUT2D eigenvalue weighted by Crippen LogP contribution is -2.42. The SMILES string of the molecule is C[C@@H]1O[C@@H]2CCCC[C@H]2N1C(=O)O. The van der Waals surface area contributed by atoms with Crippen LogP contribution in [0.4, 0.5) is 4.79 Å². The number of carboxylic acid groups (broad SMARTS) is 1. The quantitative estimate of drug-likeness (QED) is 0.624. The van der Waals surface area contributed by atoms with Crippen molar-refractivity contribution >= 4 is 6.09 Å². The van der Waals surface area contributed by atoms with Crippen LogP contribution in [0.5, 0.6) is 0 Å². The Labute approximate surface area is 77.5 Å². The molecule has 0 bridgehead atoms. The molecule has 13 heavy (non-hydrogen) atoms. The lowest BCUT2D eigenvalue weighted by atomic mass is 9.92. The van der Waals surface area contributed by atoms with E-state index in [4.69, 9.17) is 9.84 Å². The number of hydrogen-bond acceptors (Lipinski definition) is 2. The summed E-state index contributed by atoms with van der Waals surface area (Å²) in [4.78, 5) is 12.4. The second kappa shape index (κ2) is 3.18. The summed E-state index contributed by atoms with van der Waals surface area (Å²) in [5, 5.41) is 8.97. The number of fused-ring (bicyclic) bond motifs is 1. The molecular formula is C9H15NO3. The van der Waals surface area contributed by atoms with E-state index in [1.807, 2.05) is 6.92 Å². The van der Waals surface area contributed by atoms with E-state index < -0.39 is 6.09 Å². The van der Waals surface area contributed by atoms with Gasteiger partial charge in [0.25, 0.3) is 0 Å². The van der Waals surface area contributed by atoms with Gasteiger partial charge in [-0.05, 0) is 19.8 Å². The van der Waals surface area contributed by atoms with E-state index >= 15 is 0 Å². The van der Waals surface area contributed by atoms with Crippen molar-refractivity contribution in [3.8, 4) is 0 Å². The number of carbonyl (C=O) groups is 1. The molecule has 4 nitrogen and oxygen atoms in total. The van der Waals surface area contributed by atoms with E-state index in [-0.39, 0.29) is 18.4 Å². The summed E-state index contributed by atoms with van der Waals surface area (Å²) in [7, 11) is 0. The summed E-state index contributed by atoms with van der Waals surface area (Å²) in [6.45, 7) is 1.81. The van der Waals surface area contributed by atoms with Gasteiger partial charge in [-0.1, -0.05) is 12.8 Å². The summed E-state index contributed by atoms with van der Waals surface area (Å²) in [5.41, 5.74) is 0. The fraction of sp³-hybridized carbons (Fsp3) is 0.889. The van der Waals surface area contributed by atoms with Gasteiger partial charge in [0.15, 0.2) is 0 Å². The maximum absolute atomic E-state index is 10.9. The van der Waals surface area contributed by atoms with Crippen LogP contribution in [0.1, 0.15) is 32.6 Å². The fourth-order valence-electron chi connectivity index (χ4n) is 2.44. The highest BCUT2D eigenvalue weighted by Gasteiger charge is 2.43. The van der Waals surface area contributed by atoms with Crippen LogP contribution in [0.2, 0.25) is 0 Å². The normalized spacial score (nSPS) is 38.8. The third-order valence-electron chi connectivity index (χ3n) is 3.01. The smallest absolute Gasteiger partial charge is 0.409 e. The molecule has 74 valence electrons. The molecule has 1 aliphatic carbocycles. The molecule has 0 aromatic carbocycles. The van der Waals surface area contributed by atoms with Crippen molar-refractivity contribution in [3.63, 3.8) is 0 Å². The van der Waals surface area contributed by atoms with Gasteiger partial charge >= 0.3 is 6.09 Å². The van der Waals surface area contributed by atoms with E-state index in [2.05, 4.69) is 0 Å². The molecule has 1 N–H and O–H groups in total. The van der Waals surface area contributed by atoms with Crippen molar-refractivity contribution < 1.29 is 14.6 Å². The van der Waals surface area contributed by atoms with E-state index in [9.17, 15) is 4.79 Å². The molecule has 2 rings (SSSR count). The first kappa shape index (κ1) is 8.81. The zero-order valence-corrected chi connectivity index (χ0v) is 7.77. The third kappa shape index (κ3) is 1.39. The van der Waals surface area contributed by atoms with Crippen LogP contribution < -0.4 is 0 Å². The average molecular weight is 185 g/mol. The van der Waals surface area contributed by atoms with E-state index in [0.717, 1.165) is 19.3 Å². The average Bonchev–Trinajstić information content (AvgIpc) is 2.39. The summed E-state index contributed by atoms with van der Waals surface area (Å²) in [5.74, 6) is 0. The van der Waals surface area contributed by atoms with Crippen LogP contribution in [0.15, 0.2) is 0 Å². The molecule has 1 saturated carbocycles. The highest BCUT2D eigenvalue weighted by molar-refractivity contribution is 5.66. The molecule has 0 aromatic heterocycles. The summed E-state index contributed by atoms with van der Waals surface area (Å²) < 4.78 is 5.58. The standard InChI is InChI=1S/C9H15NO3/c1-6-10(9(11)12)7-4-2-3-5-8(7)13-6/h6-8H,2-5H2,1H3,(H,11,12)/t6-,7+,8+/m0/s1. The van der Waals surface area contributed by atoms with Gasteiger partial charge in [-0.15, -0.1) is 0 Å². The summed E-state index contributed by atoms with van der Waals surface area (Å²) in [6, 6.07) is 0.112. The molecule has 0 radical (unpaired) electrons. The first-order valence-corrected chi connectivity index (χ1v) is 4.87. The highest BCUT2D eigenvalue weighted by Crippen LogP contribution is 2.33. The van der Waals surface area contributed by atoms with Crippen molar-refractivity contribution in [3.05, 3.63) is 0 Å². The van der Waals surface area contributed by atoms with Crippen molar-refractivity contribution in [2.75, 3.05) is 0 Å². The molecule has 1 amide bonds. The maximum Gasteiger partial charge on any atom is 0.409 e. The predicted octanol–water partition coefficient (Wildman–Crippen LogP) is 1.65. The minimum absolute atomic E-state index is 0.112. The Hall–Kier alpha value is -0.770. The molecule has 3 atom stereocenters. The van der Waals surface area contributed by atoms with E-state index in [1.54, 1.807) is 0 Å². The summed E-state index contributed by atoms with van der Waals surface area (Å²) in [6.07, 6.45) is 3.31. The highest BCUT2D eigenvalue weighted by atomic mass is 16.5. The number of ether oxygens (including phenoxy) is 1. The van der Waals surface area contributed by atoms with Gasteiger partial charge < -0.3 is 9.84 Å². The van der Waals surface area contributed by atoms with Gasteiger partial charge in [0.2, 0.25) is 0 Å². The molecule has 0 unspecified atom stereocenters. The van der Waals surface area contributed by atoms with Gasteiger partial charge in [0, 0.05) is 0 Å². The Morgan fingerprint density at radius 3 is 2.85 bits per heavy atom. The monoisotopic (exact) mass is 185 g/mol. The molecule has 0 aromatic rings. The molecule has 2 aliphatic rings. The zero-order chi connectivity index (χ0) is 9.42. The molecule has 2 fully saturated rings. The van der Waals surface area contributed by atoms with Crippen LogP contribution in [-0.4, -0.2) is 34.5 Å². The predicted molar refractivity (Wildman–Crippen MR) is 46.5 cm³/mol. The first-order valence-electron chi connectivity index (χ1n) is 4.87. The number of hydrogen-bond donors (Lipinski definition) is 1. The molecule has 1 saturated heterocycles. The van der Waals surface area contributed by atoms with E-state index in [0.29, 0.717) is 0 Å². The van der Waals surface area contributed by atoms with Crippen LogP contribution in [0.3, 0.4) is 0 Å². The minimum atomic E-state index is -0.845. The van der Waals surface area contributed by atoms with Crippen LogP contribution in [0, 0.1) is 0 Å². The number of nitrogens with zero attached hydrogens (tertiary/aromatic N) is 1. The zero-order valence-electron chi connectivity index (χ0n) is 7.77. The maximum atomic E-state index is 10.9. The van der Waals surface area contributed by atoms with Crippen LogP contribution in [-0.2, 0) is 4.74 Å². The number of rotatable bonds is 0. The van der Waals surface area contributed by atoms with Crippen molar-refractivity contribution in [1.29, 1.82) is 0 Å². The second-order valence-electron chi connectivity index (χ2n) is 3.82. The molecule has 1 aliphatic heterocycles. The largest absolute Gasteiger partial charge is 0.465 e. The molecular weight excluding hydrogens is 170 g/mol. The summed E-state index contributed by atoms with van der Waals surface area (Å²) >= 11 is 0. The molecule has 1 heterocycles. The Balaban J connectivity index is 2.13. The molecule has 4 heteroatoms. The first-order chi connectivity index (χ1) is 6.20. The number of amides is 1. The Morgan fingerprint density at radius 1 is 1.46 bits per heavy atom. The minimum Gasteiger partial charge on any atom is -0.465 e. The van der Waals surface area contributed by atoms with Crippen molar-refractivity contribution in [2.45, 2.75) is 51.0 Å². The van der Waals surface area contributed by atoms with Crippen molar-refractivity contribution in [2.24, 2.45) is 0 Å². The topological polar surface area (TPSA) is 49.8 Å². The van der Waals surface area contributed by atoms with Gasteiger partial charge in [-0.2, -0.15) is 0 Å². The Bertz CT molecular complexity index is 219. The lowest BCUT2D eigenvalue weighted by Gasteiger charge is -2.28. The third-order valence-corrected chi connectivity index (χ3v) is 3.01. The van der Waals surface area contributed by atoms with Gasteiger partial charge in [-0.25, -0.2) is 4.79 Å². The van der Waals surface area contributed by atoms with Crippen molar-refractivity contribution in [1.82, 2.24) is 4.90 Å². The Kier molecular flexibility index (Phi) is 2.15.